The number of amides is 1. The van der Waals surface area contributed by atoms with Crippen molar-refractivity contribution in [1.82, 2.24) is 9.55 Å². The number of carbonyl (C=O) groups is 1. The fourth-order valence-electron chi connectivity index (χ4n) is 3.13. The van der Waals surface area contributed by atoms with E-state index in [-0.39, 0.29) is 11.5 Å². The maximum absolute atomic E-state index is 13.1. The van der Waals surface area contributed by atoms with E-state index in [1.54, 1.807) is 11.3 Å². The van der Waals surface area contributed by atoms with Gasteiger partial charge in [0, 0.05) is 23.6 Å². The molecule has 24 heavy (non-hydrogen) atoms. The number of nitrogens with two attached hydrogens (primary N) is 1. The molecule has 2 heterocycles. The summed E-state index contributed by atoms with van der Waals surface area (Å²) in [6, 6.07) is 0. The molecule has 130 valence electrons. The summed E-state index contributed by atoms with van der Waals surface area (Å²) in [4.78, 5) is 31.0. The molecule has 0 bridgehead atoms. The van der Waals surface area contributed by atoms with Crippen LogP contribution in [-0.4, -0.2) is 21.2 Å². The van der Waals surface area contributed by atoms with Crippen LogP contribution in [-0.2, 0) is 24.2 Å². The molecule has 2 aromatic rings. The Morgan fingerprint density at radius 1 is 1.38 bits per heavy atom. The smallest absolute Gasteiger partial charge is 0.263 e. The maximum Gasteiger partial charge on any atom is 0.263 e. The Kier molecular flexibility index (Phi) is 5.61. The van der Waals surface area contributed by atoms with Crippen molar-refractivity contribution >= 4 is 39.2 Å². The number of fused-ring (bicyclic) bond motifs is 3. The number of unbranched alkanes of at least 4 members (excludes halogenated alkanes) is 2. The van der Waals surface area contributed by atoms with Crippen molar-refractivity contribution in [2.24, 2.45) is 5.73 Å². The number of thioether (sulfide) groups is 1. The third kappa shape index (κ3) is 3.52. The third-order valence-electron chi connectivity index (χ3n) is 4.35. The molecule has 0 radical (unpaired) electrons. The Morgan fingerprint density at radius 2 is 2.21 bits per heavy atom. The first kappa shape index (κ1) is 17.5. The molecule has 2 aromatic heterocycles. The van der Waals surface area contributed by atoms with Crippen LogP contribution in [0, 0.1) is 0 Å². The number of rotatable bonds is 8. The lowest BCUT2D eigenvalue weighted by Gasteiger charge is -2.12. The van der Waals surface area contributed by atoms with E-state index in [4.69, 9.17) is 10.7 Å². The molecule has 1 aliphatic rings. The molecule has 0 saturated carbocycles. The molecule has 0 aromatic carbocycles. The van der Waals surface area contributed by atoms with Crippen molar-refractivity contribution in [1.29, 1.82) is 0 Å². The summed E-state index contributed by atoms with van der Waals surface area (Å²) in [5, 5.41) is 1.56. The van der Waals surface area contributed by atoms with Crippen LogP contribution in [0.4, 0.5) is 0 Å². The minimum absolute atomic E-state index is 0.0945. The summed E-state index contributed by atoms with van der Waals surface area (Å²) >= 11 is 3.12. The number of aryl methyl sites for hydroxylation is 2. The fourth-order valence-corrected chi connectivity index (χ4v) is 5.41. The van der Waals surface area contributed by atoms with Gasteiger partial charge in [0.1, 0.15) is 4.83 Å². The molecule has 0 fully saturated rings. The molecule has 5 nitrogen and oxygen atoms in total. The Balaban J connectivity index is 1.98. The first-order chi connectivity index (χ1) is 11.6. The van der Waals surface area contributed by atoms with Gasteiger partial charge in [-0.15, -0.1) is 11.3 Å². The fraction of sp³-hybridized carbons (Fsp3) is 0.588. The summed E-state index contributed by atoms with van der Waals surface area (Å²) in [5.41, 5.74) is 6.54. The van der Waals surface area contributed by atoms with Crippen LogP contribution < -0.4 is 11.3 Å². The quantitative estimate of drug-likeness (QED) is 0.443. The summed E-state index contributed by atoms with van der Waals surface area (Å²) in [7, 11) is 0. The average molecular weight is 366 g/mol. The lowest BCUT2D eigenvalue weighted by atomic mass is 10.2. The zero-order valence-corrected chi connectivity index (χ0v) is 15.6. The lowest BCUT2D eigenvalue weighted by Crippen LogP contribution is -2.24. The van der Waals surface area contributed by atoms with E-state index >= 15 is 0 Å². The van der Waals surface area contributed by atoms with E-state index in [9.17, 15) is 9.59 Å². The van der Waals surface area contributed by atoms with Gasteiger partial charge in [0.15, 0.2) is 5.16 Å². The van der Waals surface area contributed by atoms with E-state index in [1.807, 2.05) is 4.57 Å². The molecule has 2 N–H and O–H groups in total. The lowest BCUT2D eigenvalue weighted by molar-refractivity contribution is -0.117. The van der Waals surface area contributed by atoms with E-state index in [0.717, 1.165) is 53.9 Å². The van der Waals surface area contributed by atoms with Gasteiger partial charge in [-0.1, -0.05) is 31.5 Å². The zero-order chi connectivity index (χ0) is 17.1. The highest BCUT2D eigenvalue weighted by atomic mass is 32.2. The Labute approximate surface area is 149 Å². The van der Waals surface area contributed by atoms with Crippen LogP contribution >= 0.6 is 23.1 Å². The first-order valence-electron chi connectivity index (χ1n) is 8.58. The van der Waals surface area contributed by atoms with Crippen LogP contribution in [0.15, 0.2) is 9.95 Å². The second-order valence-corrected chi connectivity index (χ2v) is 8.31. The number of primary amides is 1. The highest BCUT2D eigenvalue weighted by Crippen LogP contribution is 2.35. The van der Waals surface area contributed by atoms with Gasteiger partial charge in [0.05, 0.1) is 5.39 Å². The van der Waals surface area contributed by atoms with Gasteiger partial charge in [-0.2, -0.15) is 0 Å². The van der Waals surface area contributed by atoms with Crippen molar-refractivity contribution in [3.05, 3.63) is 20.8 Å². The summed E-state index contributed by atoms with van der Waals surface area (Å²) < 4.78 is 1.81. The molecule has 1 aliphatic carbocycles. The minimum atomic E-state index is -0.321. The highest BCUT2D eigenvalue weighted by Gasteiger charge is 2.23. The molecule has 3 rings (SSSR count). The topological polar surface area (TPSA) is 78.0 Å². The van der Waals surface area contributed by atoms with Crippen molar-refractivity contribution in [2.45, 2.75) is 63.6 Å². The summed E-state index contributed by atoms with van der Waals surface area (Å²) in [6.07, 6.45) is 6.68. The van der Waals surface area contributed by atoms with Crippen molar-refractivity contribution in [3.63, 3.8) is 0 Å². The summed E-state index contributed by atoms with van der Waals surface area (Å²) in [6.45, 7) is 2.84. The molecular weight excluding hydrogens is 342 g/mol. The van der Waals surface area contributed by atoms with E-state index in [1.165, 1.54) is 22.2 Å². The minimum Gasteiger partial charge on any atom is -0.370 e. The van der Waals surface area contributed by atoms with Gasteiger partial charge >= 0.3 is 0 Å². The third-order valence-corrected chi connectivity index (χ3v) is 6.52. The maximum atomic E-state index is 13.1. The van der Waals surface area contributed by atoms with Crippen molar-refractivity contribution < 1.29 is 4.79 Å². The molecule has 1 amide bonds. The monoisotopic (exact) mass is 365 g/mol. The Hall–Kier alpha value is -1.34. The van der Waals surface area contributed by atoms with Crippen LogP contribution in [0.2, 0.25) is 0 Å². The zero-order valence-electron chi connectivity index (χ0n) is 14.0. The first-order valence-corrected chi connectivity index (χ1v) is 10.4. The van der Waals surface area contributed by atoms with Gasteiger partial charge in [0.25, 0.3) is 5.56 Å². The standard InChI is InChI=1S/C17H23N3O2S2/c1-2-3-4-9-20-16(22)14-11-6-5-7-12(11)24-15(14)19-17(20)23-10-8-13(18)21/h2-10H2,1H3,(H2,18,21). The summed E-state index contributed by atoms with van der Waals surface area (Å²) in [5.74, 6) is 0.241. The van der Waals surface area contributed by atoms with Crippen LogP contribution in [0.5, 0.6) is 0 Å². The van der Waals surface area contributed by atoms with Gasteiger partial charge in [-0.3, -0.25) is 14.2 Å². The van der Waals surface area contributed by atoms with Crippen molar-refractivity contribution in [3.8, 4) is 0 Å². The number of carbonyl (C=O) groups excluding carboxylic acids is 1. The second-order valence-electron chi connectivity index (χ2n) is 6.16. The van der Waals surface area contributed by atoms with Crippen LogP contribution in [0.25, 0.3) is 10.2 Å². The van der Waals surface area contributed by atoms with Crippen LogP contribution in [0.3, 0.4) is 0 Å². The van der Waals surface area contributed by atoms with E-state index in [0.29, 0.717) is 18.7 Å². The SMILES string of the molecule is CCCCCn1c(SCCC(N)=O)nc2sc3c(c2c1=O)CCC3. The molecule has 7 heteroatoms. The van der Waals surface area contributed by atoms with Gasteiger partial charge in [-0.25, -0.2) is 4.98 Å². The van der Waals surface area contributed by atoms with Gasteiger partial charge in [0.2, 0.25) is 5.91 Å². The normalized spacial score (nSPS) is 13.5. The average Bonchev–Trinajstić information content (AvgIpc) is 3.10. The van der Waals surface area contributed by atoms with E-state index in [2.05, 4.69) is 6.92 Å². The predicted octanol–water partition coefficient (Wildman–Crippen LogP) is 3.10. The molecule has 0 saturated heterocycles. The second kappa shape index (κ2) is 7.70. The molecule has 0 spiro atoms. The molecular formula is C17H23N3O2S2. The largest absolute Gasteiger partial charge is 0.370 e. The van der Waals surface area contributed by atoms with Gasteiger partial charge < -0.3 is 5.73 Å². The number of thiophene rings is 1. The molecule has 0 atom stereocenters. The van der Waals surface area contributed by atoms with Crippen molar-refractivity contribution in [2.75, 3.05) is 5.75 Å². The van der Waals surface area contributed by atoms with Crippen LogP contribution in [0.1, 0.15) is 49.5 Å². The Morgan fingerprint density at radius 3 is 2.96 bits per heavy atom. The highest BCUT2D eigenvalue weighted by molar-refractivity contribution is 7.99. The number of nitrogens with zero attached hydrogens (tertiary/aromatic N) is 2. The number of aromatic nitrogens is 2. The molecule has 0 unspecified atom stereocenters. The van der Waals surface area contributed by atoms with Gasteiger partial charge in [-0.05, 0) is 31.2 Å². The molecule has 0 aliphatic heterocycles. The predicted molar refractivity (Wildman–Crippen MR) is 100.0 cm³/mol. The number of hydrogen-bond donors (Lipinski definition) is 1. The van der Waals surface area contributed by atoms with E-state index < -0.39 is 0 Å². The Bertz CT molecular complexity index is 810. The number of hydrogen-bond acceptors (Lipinski definition) is 5.